The monoisotopic (exact) mass is 387 g/mol. The Morgan fingerprint density at radius 1 is 0.724 bits per heavy atom. The maximum Gasteiger partial charge on any atom is 0.252 e. The van der Waals surface area contributed by atoms with Crippen LogP contribution in [-0.4, -0.2) is 23.9 Å². The maximum atomic E-state index is 12.8. The normalized spacial score (nSPS) is 18.9. The fourth-order valence-electron chi connectivity index (χ4n) is 3.97. The van der Waals surface area contributed by atoms with Gasteiger partial charge >= 0.3 is 0 Å². The molecular formula is C24H25N3O2. The van der Waals surface area contributed by atoms with Gasteiger partial charge in [-0.25, -0.2) is 0 Å². The largest absolute Gasteiger partial charge is 0.399 e. The van der Waals surface area contributed by atoms with Crippen LogP contribution in [-0.2, 0) is 0 Å². The highest BCUT2D eigenvalue weighted by Crippen LogP contribution is 2.22. The summed E-state index contributed by atoms with van der Waals surface area (Å²) in [5.41, 5.74) is 7.64. The lowest BCUT2D eigenvalue weighted by atomic mass is 9.90. The van der Waals surface area contributed by atoms with Crippen molar-refractivity contribution in [3.8, 4) is 0 Å². The molecule has 2 amide bonds. The lowest BCUT2D eigenvalue weighted by molar-refractivity contribution is 0.0893. The van der Waals surface area contributed by atoms with Crippen LogP contribution in [0.1, 0.15) is 46.4 Å². The molecule has 4 N–H and O–H groups in total. The third-order valence-electron chi connectivity index (χ3n) is 5.60. The van der Waals surface area contributed by atoms with Gasteiger partial charge in [0.1, 0.15) is 0 Å². The van der Waals surface area contributed by atoms with Crippen LogP contribution < -0.4 is 16.4 Å². The standard InChI is InChI=1S/C24H25N3O2/c25-18-10-8-17(9-11-18)23(28)26-19-12-14-20(15-13-19)27-24(29)22-7-3-5-16-4-1-2-6-21(16)22/h1-11,19-20H,12-15,25H2,(H,26,28)(H,27,29). The van der Waals surface area contributed by atoms with E-state index in [1.165, 1.54) is 0 Å². The van der Waals surface area contributed by atoms with Crippen LogP contribution in [0.4, 0.5) is 5.69 Å². The average Bonchev–Trinajstić information content (AvgIpc) is 2.75. The molecule has 3 aromatic rings. The summed E-state index contributed by atoms with van der Waals surface area (Å²) in [5, 5.41) is 8.30. The van der Waals surface area contributed by atoms with E-state index in [0.29, 0.717) is 16.8 Å². The van der Waals surface area contributed by atoms with Gasteiger partial charge in [-0.05, 0) is 66.8 Å². The molecule has 0 unspecified atom stereocenters. The predicted molar refractivity (Wildman–Crippen MR) is 116 cm³/mol. The van der Waals surface area contributed by atoms with Crippen molar-refractivity contribution in [1.82, 2.24) is 10.6 Å². The highest BCUT2D eigenvalue weighted by molar-refractivity contribution is 6.07. The molecule has 0 spiro atoms. The third-order valence-corrected chi connectivity index (χ3v) is 5.60. The van der Waals surface area contributed by atoms with Crippen LogP contribution in [0.15, 0.2) is 66.7 Å². The molecule has 0 bridgehead atoms. The Hall–Kier alpha value is -3.34. The SMILES string of the molecule is Nc1ccc(C(=O)NC2CCC(NC(=O)c3cccc4ccccc34)CC2)cc1. The Morgan fingerprint density at radius 2 is 1.31 bits per heavy atom. The van der Waals surface area contributed by atoms with E-state index in [1.807, 2.05) is 42.5 Å². The summed E-state index contributed by atoms with van der Waals surface area (Å²) < 4.78 is 0. The Labute approximate surface area is 170 Å². The summed E-state index contributed by atoms with van der Waals surface area (Å²) >= 11 is 0. The number of anilines is 1. The fourth-order valence-corrected chi connectivity index (χ4v) is 3.97. The lowest BCUT2D eigenvalue weighted by Crippen LogP contribution is -2.43. The van der Waals surface area contributed by atoms with E-state index >= 15 is 0 Å². The van der Waals surface area contributed by atoms with Crippen LogP contribution in [0, 0.1) is 0 Å². The van der Waals surface area contributed by atoms with Gasteiger partial charge in [0.2, 0.25) is 0 Å². The molecule has 4 rings (SSSR count). The molecule has 5 nitrogen and oxygen atoms in total. The van der Waals surface area contributed by atoms with E-state index in [9.17, 15) is 9.59 Å². The molecule has 1 fully saturated rings. The Kier molecular flexibility index (Phi) is 5.47. The number of rotatable bonds is 4. The minimum Gasteiger partial charge on any atom is -0.399 e. The number of benzene rings is 3. The topological polar surface area (TPSA) is 84.2 Å². The Balaban J connectivity index is 1.32. The summed E-state index contributed by atoms with van der Waals surface area (Å²) in [6.45, 7) is 0. The number of amides is 2. The first kappa shape index (κ1) is 19.0. The predicted octanol–water partition coefficient (Wildman–Crippen LogP) is 3.89. The first-order valence-corrected chi connectivity index (χ1v) is 10.1. The second-order valence-electron chi connectivity index (χ2n) is 7.64. The molecule has 0 heterocycles. The van der Waals surface area contributed by atoms with Crippen molar-refractivity contribution in [1.29, 1.82) is 0 Å². The van der Waals surface area contributed by atoms with Gasteiger partial charge in [0.05, 0.1) is 0 Å². The summed E-state index contributed by atoms with van der Waals surface area (Å²) in [4.78, 5) is 25.2. The first-order valence-electron chi connectivity index (χ1n) is 10.1. The van der Waals surface area contributed by atoms with E-state index < -0.39 is 0 Å². The summed E-state index contributed by atoms with van der Waals surface area (Å²) in [7, 11) is 0. The number of hydrogen-bond donors (Lipinski definition) is 3. The van der Waals surface area contributed by atoms with Crippen LogP contribution in [0.5, 0.6) is 0 Å². The van der Waals surface area contributed by atoms with Crippen LogP contribution >= 0.6 is 0 Å². The highest BCUT2D eigenvalue weighted by atomic mass is 16.2. The zero-order valence-electron chi connectivity index (χ0n) is 16.2. The molecule has 5 heteroatoms. The van der Waals surface area contributed by atoms with Gasteiger partial charge in [-0.15, -0.1) is 0 Å². The van der Waals surface area contributed by atoms with E-state index in [0.717, 1.165) is 36.5 Å². The van der Waals surface area contributed by atoms with Gasteiger partial charge in [-0.1, -0.05) is 36.4 Å². The number of hydrogen-bond acceptors (Lipinski definition) is 3. The Bertz CT molecular complexity index is 1020. The molecule has 29 heavy (non-hydrogen) atoms. The summed E-state index contributed by atoms with van der Waals surface area (Å²) in [6.07, 6.45) is 3.40. The van der Waals surface area contributed by atoms with Crippen molar-refractivity contribution in [2.24, 2.45) is 0 Å². The van der Waals surface area contributed by atoms with Gasteiger partial charge in [-0.3, -0.25) is 9.59 Å². The number of nitrogens with one attached hydrogen (secondary N) is 2. The van der Waals surface area contributed by atoms with Gasteiger partial charge < -0.3 is 16.4 Å². The minimum absolute atomic E-state index is 0.0313. The Morgan fingerprint density at radius 3 is 2.00 bits per heavy atom. The van der Waals surface area contributed by atoms with E-state index in [2.05, 4.69) is 10.6 Å². The highest BCUT2D eigenvalue weighted by Gasteiger charge is 2.24. The van der Waals surface area contributed by atoms with Crippen LogP contribution in [0.3, 0.4) is 0 Å². The van der Waals surface area contributed by atoms with Gasteiger partial charge in [0.25, 0.3) is 11.8 Å². The average molecular weight is 387 g/mol. The second kappa shape index (κ2) is 8.35. The van der Waals surface area contributed by atoms with Gasteiger partial charge in [0.15, 0.2) is 0 Å². The smallest absolute Gasteiger partial charge is 0.252 e. The van der Waals surface area contributed by atoms with Crippen molar-refractivity contribution >= 4 is 28.3 Å². The van der Waals surface area contributed by atoms with Crippen LogP contribution in [0.25, 0.3) is 10.8 Å². The third kappa shape index (κ3) is 4.40. The zero-order chi connectivity index (χ0) is 20.2. The number of carbonyl (C=O) groups excluding carboxylic acids is 2. The van der Waals surface area contributed by atoms with E-state index in [4.69, 9.17) is 5.73 Å². The molecule has 148 valence electrons. The number of nitrogens with two attached hydrogens (primary N) is 1. The van der Waals surface area contributed by atoms with Crippen molar-refractivity contribution in [2.75, 3.05) is 5.73 Å². The van der Waals surface area contributed by atoms with E-state index in [-0.39, 0.29) is 23.9 Å². The van der Waals surface area contributed by atoms with Crippen molar-refractivity contribution in [2.45, 2.75) is 37.8 Å². The van der Waals surface area contributed by atoms with Gasteiger partial charge in [0, 0.05) is 28.9 Å². The van der Waals surface area contributed by atoms with Crippen molar-refractivity contribution in [3.05, 3.63) is 77.9 Å². The molecule has 0 aromatic heterocycles. The van der Waals surface area contributed by atoms with Crippen molar-refractivity contribution in [3.63, 3.8) is 0 Å². The quantitative estimate of drug-likeness (QED) is 0.594. The molecule has 1 saturated carbocycles. The van der Waals surface area contributed by atoms with E-state index in [1.54, 1.807) is 24.3 Å². The fraction of sp³-hybridized carbons (Fsp3) is 0.250. The molecule has 0 atom stereocenters. The summed E-state index contributed by atoms with van der Waals surface area (Å²) in [5.74, 6) is -0.107. The molecule has 3 aromatic carbocycles. The molecule has 0 saturated heterocycles. The van der Waals surface area contributed by atoms with Gasteiger partial charge in [-0.2, -0.15) is 0 Å². The van der Waals surface area contributed by atoms with Crippen molar-refractivity contribution < 1.29 is 9.59 Å². The lowest BCUT2D eigenvalue weighted by Gasteiger charge is -2.29. The molecule has 0 radical (unpaired) electrons. The van der Waals surface area contributed by atoms with Crippen LogP contribution in [0.2, 0.25) is 0 Å². The second-order valence-corrected chi connectivity index (χ2v) is 7.64. The molecule has 1 aliphatic carbocycles. The first-order chi connectivity index (χ1) is 14.1. The number of fused-ring (bicyclic) bond motifs is 1. The molecule has 0 aliphatic heterocycles. The number of nitrogen functional groups attached to an aromatic ring is 1. The summed E-state index contributed by atoms with van der Waals surface area (Å²) in [6, 6.07) is 20.9. The number of carbonyl (C=O) groups is 2. The minimum atomic E-state index is -0.0757. The molecular weight excluding hydrogens is 362 g/mol. The zero-order valence-corrected chi connectivity index (χ0v) is 16.2. The molecule has 1 aliphatic rings. The maximum absolute atomic E-state index is 12.8.